The van der Waals surface area contributed by atoms with Crippen molar-refractivity contribution in [3.05, 3.63) is 22.8 Å². The van der Waals surface area contributed by atoms with Gasteiger partial charge in [-0.2, -0.15) is 11.8 Å². The summed E-state index contributed by atoms with van der Waals surface area (Å²) in [5, 5.41) is 3.23. The Labute approximate surface area is 109 Å². The Kier molecular flexibility index (Phi) is 4.12. The minimum Gasteiger partial charge on any atom is -0.384 e. The van der Waals surface area contributed by atoms with Crippen molar-refractivity contribution in [3.63, 3.8) is 0 Å². The molecule has 1 aromatic heterocycles. The van der Waals surface area contributed by atoms with E-state index in [2.05, 4.69) is 10.3 Å². The molecule has 1 amide bonds. The molecule has 0 saturated carbocycles. The normalized spacial score (nSPS) is 19.9. The monoisotopic (exact) mass is 271 g/mol. The number of pyridine rings is 1. The number of carbonyl (C=O) groups is 1. The highest BCUT2D eigenvalue weighted by atomic mass is 35.5. The van der Waals surface area contributed by atoms with Crippen molar-refractivity contribution in [2.75, 3.05) is 17.2 Å². The molecule has 1 aliphatic heterocycles. The predicted molar refractivity (Wildman–Crippen MR) is 71.5 cm³/mol. The van der Waals surface area contributed by atoms with E-state index < -0.39 is 0 Å². The van der Waals surface area contributed by atoms with Gasteiger partial charge in [0.2, 0.25) is 0 Å². The van der Waals surface area contributed by atoms with Gasteiger partial charge in [-0.3, -0.25) is 4.79 Å². The number of carbonyl (C=O) groups excluding carboxylic acids is 1. The Balaban J connectivity index is 2.03. The second kappa shape index (κ2) is 5.60. The highest BCUT2D eigenvalue weighted by Crippen LogP contribution is 2.18. The molecule has 17 heavy (non-hydrogen) atoms. The number of hydrogen-bond acceptors (Lipinski definition) is 4. The maximum atomic E-state index is 12.0. The number of aromatic nitrogens is 1. The van der Waals surface area contributed by atoms with E-state index in [4.69, 9.17) is 17.3 Å². The van der Waals surface area contributed by atoms with Crippen molar-refractivity contribution < 1.29 is 4.79 Å². The Morgan fingerprint density at radius 2 is 2.41 bits per heavy atom. The van der Waals surface area contributed by atoms with Crippen LogP contribution in [-0.4, -0.2) is 28.4 Å². The zero-order valence-corrected chi connectivity index (χ0v) is 10.9. The van der Waals surface area contributed by atoms with Gasteiger partial charge in [-0.25, -0.2) is 4.98 Å². The highest BCUT2D eigenvalue weighted by Gasteiger charge is 2.17. The largest absolute Gasteiger partial charge is 0.384 e. The molecular weight excluding hydrogens is 258 g/mol. The molecule has 1 atom stereocenters. The standard InChI is InChI=1S/C11H14ClN3OS/c12-9-4-7(5-10(13)15-9)11(16)14-8-2-1-3-17-6-8/h4-5,8H,1-3,6H2,(H2,13,15)(H,14,16). The van der Waals surface area contributed by atoms with Crippen LogP contribution >= 0.6 is 23.4 Å². The highest BCUT2D eigenvalue weighted by molar-refractivity contribution is 7.99. The van der Waals surface area contributed by atoms with Crippen molar-refractivity contribution >= 4 is 35.1 Å². The SMILES string of the molecule is Nc1cc(C(=O)NC2CCCSC2)cc(Cl)n1. The second-order valence-electron chi connectivity index (χ2n) is 3.99. The Morgan fingerprint density at radius 1 is 1.59 bits per heavy atom. The van der Waals surface area contributed by atoms with Crippen LogP contribution < -0.4 is 11.1 Å². The zero-order chi connectivity index (χ0) is 12.3. The Morgan fingerprint density at radius 3 is 3.06 bits per heavy atom. The molecule has 92 valence electrons. The first kappa shape index (κ1) is 12.5. The fraction of sp³-hybridized carbons (Fsp3) is 0.455. The molecule has 0 aromatic carbocycles. The minimum atomic E-state index is -0.131. The molecule has 1 saturated heterocycles. The number of hydrogen-bond donors (Lipinski definition) is 2. The van der Waals surface area contributed by atoms with Gasteiger partial charge >= 0.3 is 0 Å². The molecule has 0 spiro atoms. The summed E-state index contributed by atoms with van der Waals surface area (Å²) in [5.74, 6) is 2.29. The number of halogens is 1. The van der Waals surface area contributed by atoms with Crippen LogP contribution in [0.25, 0.3) is 0 Å². The molecule has 4 nitrogen and oxygen atoms in total. The lowest BCUT2D eigenvalue weighted by Crippen LogP contribution is -2.38. The van der Waals surface area contributed by atoms with Crippen LogP contribution in [0.4, 0.5) is 5.82 Å². The molecule has 3 N–H and O–H groups in total. The second-order valence-corrected chi connectivity index (χ2v) is 5.53. The van der Waals surface area contributed by atoms with Gasteiger partial charge in [0, 0.05) is 17.4 Å². The van der Waals surface area contributed by atoms with Crippen LogP contribution in [0.2, 0.25) is 5.15 Å². The first-order valence-electron chi connectivity index (χ1n) is 5.47. The number of thioether (sulfide) groups is 1. The molecule has 0 radical (unpaired) electrons. The van der Waals surface area contributed by atoms with Gasteiger partial charge < -0.3 is 11.1 Å². The molecule has 1 fully saturated rings. The lowest BCUT2D eigenvalue weighted by atomic mass is 10.1. The van der Waals surface area contributed by atoms with E-state index >= 15 is 0 Å². The first-order chi connectivity index (χ1) is 8.15. The van der Waals surface area contributed by atoms with E-state index in [0.717, 1.165) is 18.6 Å². The van der Waals surface area contributed by atoms with E-state index in [9.17, 15) is 4.79 Å². The van der Waals surface area contributed by atoms with E-state index in [1.54, 1.807) is 0 Å². The van der Waals surface area contributed by atoms with Gasteiger partial charge in [-0.15, -0.1) is 0 Å². The maximum Gasteiger partial charge on any atom is 0.251 e. The van der Waals surface area contributed by atoms with E-state index in [0.29, 0.717) is 5.56 Å². The van der Waals surface area contributed by atoms with Gasteiger partial charge in [-0.1, -0.05) is 11.6 Å². The molecule has 2 heterocycles. The molecule has 1 aliphatic rings. The summed E-state index contributed by atoms with van der Waals surface area (Å²) in [7, 11) is 0. The number of amides is 1. The van der Waals surface area contributed by atoms with Crippen LogP contribution in [0.15, 0.2) is 12.1 Å². The summed E-state index contributed by atoms with van der Waals surface area (Å²) in [4.78, 5) is 15.8. The molecule has 0 bridgehead atoms. The summed E-state index contributed by atoms with van der Waals surface area (Å²) in [6.45, 7) is 0. The van der Waals surface area contributed by atoms with Crippen molar-refractivity contribution in [3.8, 4) is 0 Å². The molecule has 6 heteroatoms. The van der Waals surface area contributed by atoms with Gasteiger partial charge in [0.25, 0.3) is 5.91 Å². The van der Waals surface area contributed by atoms with Crippen molar-refractivity contribution in [1.82, 2.24) is 10.3 Å². The zero-order valence-electron chi connectivity index (χ0n) is 9.28. The number of nitrogen functional groups attached to an aromatic ring is 1. The Bertz CT molecular complexity index is 401. The number of nitrogens with one attached hydrogen (secondary N) is 1. The lowest BCUT2D eigenvalue weighted by molar-refractivity contribution is 0.0938. The van der Waals surface area contributed by atoms with Crippen LogP contribution in [0.1, 0.15) is 23.2 Å². The minimum absolute atomic E-state index is 0.131. The summed E-state index contributed by atoms with van der Waals surface area (Å²) >= 11 is 7.63. The van der Waals surface area contributed by atoms with Gasteiger partial charge in [0.15, 0.2) is 0 Å². The average molecular weight is 272 g/mol. The smallest absolute Gasteiger partial charge is 0.251 e. The third-order valence-corrected chi connectivity index (χ3v) is 3.98. The molecular formula is C11H14ClN3OS. The Hall–Kier alpha value is -0.940. The van der Waals surface area contributed by atoms with E-state index in [1.165, 1.54) is 17.9 Å². The summed E-state index contributed by atoms with van der Waals surface area (Å²) < 4.78 is 0. The molecule has 2 rings (SSSR count). The maximum absolute atomic E-state index is 12.0. The molecule has 1 unspecified atom stereocenters. The lowest BCUT2D eigenvalue weighted by Gasteiger charge is -2.22. The van der Waals surface area contributed by atoms with Gasteiger partial charge in [0.1, 0.15) is 11.0 Å². The topological polar surface area (TPSA) is 68.0 Å². The quantitative estimate of drug-likeness (QED) is 0.807. The first-order valence-corrected chi connectivity index (χ1v) is 7.00. The van der Waals surface area contributed by atoms with Crippen LogP contribution in [0.3, 0.4) is 0 Å². The molecule has 0 aliphatic carbocycles. The number of nitrogens with zero attached hydrogens (tertiary/aromatic N) is 1. The summed E-state index contributed by atoms with van der Waals surface area (Å²) in [6, 6.07) is 3.31. The average Bonchev–Trinajstić information content (AvgIpc) is 2.29. The van der Waals surface area contributed by atoms with Crippen molar-refractivity contribution in [2.45, 2.75) is 18.9 Å². The van der Waals surface area contributed by atoms with Crippen LogP contribution in [0.5, 0.6) is 0 Å². The van der Waals surface area contributed by atoms with Crippen molar-refractivity contribution in [2.24, 2.45) is 0 Å². The van der Waals surface area contributed by atoms with E-state index in [-0.39, 0.29) is 22.9 Å². The van der Waals surface area contributed by atoms with E-state index in [1.807, 2.05) is 11.8 Å². The van der Waals surface area contributed by atoms with Gasteiger partial charge in [-0.05, 0) is 30.7 Å². The van der Waals surface area contributed by atoms with Crippen LogP contribution in [0, 0.1) is 0 Å². The third-order valence-electron chi connectivity index (χ3n) is 2.57. The van der Waals surface area contributed by atoms with Crippen molar-refractivity contribution in [1.29, 1.82) is 0 Å². The predicted octanol–water partition coefficient (Wildman–Crippen LogP) is 1.94. The van der Waals surface area contributed by atoms with Gasteiger partial charge in [0.05, 0.1) is 0 Å². The third kappa shape index (κ3) is 3.51. The fourth-order valence-electron chi connectivity index (χ4n) is 1.77. The summed E-state index contributed by atoms with van der Waals surface area (Å²) in [5.41, 5.74) is 6.02. The fourth-order valence-corrected chi connectivity index (χ4v) is 3.06. The summed E-state index contributed by atoms with van der Waals surface area (Å²) in [6.07, 6.45) is 2.18. The van der Waals surface area contributed by atoms with Crippen LogP contribution in [-0.2, 0) is 0 Å². The molecule has 1 aromatic rings. The number of anilines is 1. The number of rotatable bonds is 2. The number of nitrogens with two attached hydrogens (primary N) is 1.